The maximum Gasteiger partial charge on any atom is 0.227 e. The average Bonchev–Trinajstić information content (AvgIpc) is 2.66. The monoisotopic (exact) mass is 230 g/mol. The van der Waals surface area contributed by atoms with Crippen LogP contribution < -0.4 is 10.6 Å². The molecule has 0 unspecified atom stereocenters. The Kier molecular flexibility index (Phi) is 2.54. The molecule has 17 heavy (non-hydrogen) atoms. The predicted molar refractivity (Wildman–Crippen MR) is 68.9 cm³/mol. The highest BCUT2D eigenvalue weighted by Crippen LogP contribution is 2.34. The van der Waals surface area contributed by atoms with Crippen LogP contribution in [0.15, 0.2) is 18.2 Å². The van der Waals surface area contributed by atoms with E-state index in [9.17, 15) is 4.79 Å². The number of rotatable bonds is 2. The molecule has 1 amide bonds. The van der Waals surface area contributed by atoms with Gasteiger partial charge in [0, 0.05) is 24.3 Å². The Hall–Kier alpha value is -1.51. The van der Waals surface area contributed by atoms with Crippen LogP contribution in [0, 0.1) is 5.92 Å². The number of benzene rings is 1. The molecule has 1 saturated carbocycles. The van der Waals surface area contributed by atoms with Crippen molar-refractivity contribution >= 4 is 17.3 Å². The summed E-state index contributed by atoms with van der Waals surface area (Å²) < 4.78 is 0. The molecule has 1 aliphatic heterocycles. The lowest BCUT2D eigenvalue weighted by molar-refractivity contribution is -0.120. The fraction of sp³-hybridized carbons (Fsp3) is 0.500. The van der Waals surface area contributed by atoms with Gasteiger partial charge in [-0.3, -0.25) is 4.79 Å². The summed E-state index contributed by atoms with van der Waals surface area (Å²) in [6, 6.07) is 5.86. The molecule has 0 aromatic heterocycles. The van der Waals surface area contributed by atoms with Crippen LogP contribution in [-0.4, -0.2) is 12.5 Å². The molecule has 0 radical (unpaired) electrons. The van der Waals surface area contributed by atoms with E-state index in [1.807, 2.05) is 23.1 Å². The molecule has 0 atom stereocenters. The zero-order chi connectivity index (χ0) is 11.8. The van der Waals surface area contributed by atoms with Crippen molar-refractivity contribution < 1.29 is 4.79 Å². The first-order chi connectivity index (χ1) is 8.24. The second-order valence-corrected chi connectivity index (χ2v) is 5.18. The maximum absolute atomic E-state index is 12.2. The molecule has 3 nitrogen and oxygen atoms in total. The fourth-order valence-electron chi connectivity index (χ4n) is 2.73. The van der Waals surface area contributed by atoms with Crippen LogP contribution in [0.4, 0.5) is 11.4 Å². The molecule has 1 fully saturated rings. The Labute approximate surface area is 102 Å². The van der Waals surface area contributed by atoms with Gasteiger partial charge in [0.05, 0.1) is 0 Å². The van der Waals surface area contributed by atoms with Crippen molar-refractivity contribution in [2.45, 2.75) is 32.1 Å². The molecule has 1 aromatic carbocycles. The summed E-state index contributed by atoms with van der Waals surface area (Å²) in [4.78, 5) is 14.1. The van der Waals surface area contributed by atoms with E-state index in [4.69, 9.17) is 5.73 Å². The number of nitrogen functional groups attached to an aromatic ring is 1. The van der Waals surface area contributed by atoms with Gasteiger partial charge in [-0.1, -0.05) is 6.42 Å². The Bertz CT molecular complexity index is 452. The first kappa shape index (κ1) is 10.6. The minimum absolute atomic E-state index is 0.290. The Morgan fingerprint density at radius 2 is 2.24 bits per heavy atom. The van der Waals surface area contributed by atoms with Crippen LogP contribution in [-0.2, 0) is 11.2 Å². The Balaban J connectivity index is 1.75. The van der Waals surface area contributed by atoms with Gasteiger partial charge in [-0.2, -0.15) is 0 Å². The van der Waals surface area contributed by atoms with Crippen LogP contribution in [0.1, 0.15) is 31.2 Å². The van der Waals surface area contributed by atoms with E-state index in [-0.39, 0.29) is 0 Å². The van der Waals surface area contributed by atoms with E-state index in [0.717, 1.165) is 30.8 Å². The molecule has 3 heteroatoms. The molecule has 90 valence electrons. The van der Waals surface area contributed by atoms with Gasteiger partial charge in [0.2, 0.25) is 5.91 Å². The van der Waals surface area contributed by atoms with Crippen molar-refractivity contribution in [3.8, 4) is 0 Å². The van der Waals surface area contributed by atoms with Crippen molar-refractivity contribution in [2.24, 2.45) is 5.92 Å². The molecule has 0 bridgehead atoms. The first-order valence-corrected chi connectivity index (χ1v) is 6.43. The molecule has 1 heterocycles. The van der Waals surface area contributed by atoms with E-state index >= 15 is 0 Å². The quantitative estimate of drug-likeness (QED) is 0.793. The SMILES string of the molecule is Nc1ccc2c(c1)CCN2C(=O)CC1CCC1. The minimum atomic E-state index is 0.290. The average molecular weight is 230 g/mol. The van der Waals surface area contributed by atoms with Gasteiger partial charge in [-0.25, -0.2) is 0 Å². The zero-order valence-corrected chi connectivity index (χ0v) is 9.98. The van der Waals surface area contributed by atoms with Crippen molar-refractivity contribution in [1.29, 1.82) is 0 Å². The van der Waals surface area contributed by atoms with Crippen LogP contribution in [0.5, 0.6) is 0 Å². The van der Waals surface area contributed by atoms with Gasteiger partial charge in [0.1, 0.15) is 0 Å². The molecular weight excluding hydrogens is 212 g/mol. The van der Waals surface area contributed by atoms with E-state index in [1.54, 1.807) is 0 Å². The third kappa shape index (κ3) is 1.90. The molecule has 0 saturated heterocycles. The number of anilines is 2. The number of hydrogen-bond acceptors (Lipinski definition) is 2. The van der Waals surface area contributed by atoms with Gasteiger partial charge in [-0.15, -0.1) is 0 Å². The summed E-state index contributed by atoms with van der Waals surface area (Å²) in [6.07, 6.45) is 5.42. The molecule has 2 aliphatic rings. The van der Waals surface area contributed by atoms with Gasteiger partial charge < -0.3 is 10.6 Å². The summed E-state index contributed by atoms with van der Waals surface area (Å²) in [5.41, 5.74) is 8.84. The summed E-state index contributed by atoms with van der Waals surface area (Å²) in [5.74, 6) is 0.929. The summed E-state index contributed by atoms with van der Waals surface area (Å²) in [6.45, 7) is 0.824. The summed E-state index contributed by atoms with van der Waals surface area (Å²) in [5, 5.41) is 0. The van der Waals surface area contributed by atoms with Crippen LogP contribution in [0.3, 0.4) is 0 Å². The third-order valence-corrected chi connectivity index (χ3v) is 3.99. The van der Waals surface area contributed by atoms with Gasteiger partial charge in [0.15, 0.2) is 0 Å². The van der Waals surface area contributed by atoms with Crippen LogP contribution in [0.2, 0.25) is 0 Å². The topological polar surface area (TPSA) is 46.3 Å². The summed E-state index contributed by atoms with van der Waals surface area (Å²) >= 11 is 0. The van der Waals surface area contributed by atoms with Crippen LogP contribution in [0.25, 0.3) is 0 Å². The summed E-state index contributed by atoms with van der Waals surface area (Å²) in [7, 11) is 0. The van der Waals surface area contributed by atoms with E-state index < -0.39 is 0 Å². The highest BCUT2D eigenvalue weighted by molar-refractivity contribution is 5.95. The normalized spacial score (nSPS) is 18.9. The van der Waals surface area contributed by atoms with E-state index in [1.165, 1.54) is 24.8 Å². The fourth-order valence-corrected chi connectivity index (χ4v) is 2.73. The highest BCUT2D eigenvalue weighted by atomic mass is 16.2. The van der Waals surface area contributed by atoms with Crippen molar-refractivity contribution in [1.82, 2.24) is 0 Å². The molecule has 2 N–H and O–H groups in total. The van der Waals surface area contributed by atoms with Gasteiger partial charge >= 0.3 is 0 Å². The number of amides is 1. The largest absolute Gasteiger partial charge is 0.399 e. The van der Waals surface area contributed by atoms with Gasteiger partial charge in [0.25, 0.3) is 0 Å². The Morgan fingerprint density at radius 3 is 2.94 bits per heavy atom. The third-order valence-electron chi connectivity index (χ3n) is 3.99. The number of hydrogen-bond donors (Lipinski definition) is 1. The molecule has 1 aliphatic carbocycles. The maximum atomic E-state index is 12.2. The lowest BCUT2D eigenvalue weighted by atomic mass is 9.82. The standard InChI is InChI=1S/C14H18N2O/c15-12-4-5-13-11(9-12)6-7-16(13)14(17)8-10-2-1-3-10/h4-5,9-10H,1-3,6-8,15H2. The smallest absolute Gasteiger partial charge is 0.227 e. The molecule has 1 aromatic rings. The molecule has 3 rings (SSSR count). The second-order valence-electron chi connectivity index (χ2n) is 5.18. The number of nitrogens with zero attached hydrogens (tertiary/aromatic N) is 1. The predicted octanol–water partition coefficient (Wildman–Crippen LogP) is 2.35. The number of carbonyl (C=O) groups is 1. The molecule has 0 spiro atoms. The number of carbonyl (C=O) groups excluding carboxylic acids is 1. The Morgan fingerprint density at radius 1 is 1.41 bits per heavy atom. The lowest BCUT2D eigenvalue weighted by Gasteiger charge is -2.27. The van der Waals surface area contributed by atoms with Crippen molar-refractivity contribution in [3.05, 3.63) is 23.8 Å². The number of nitrogens with two attached hydrogens (primary N) is 1. The minimum Gasteiger partial charge on any atom is -0.399 e. The van der Waals surface area contributed by atoms with Gasteiger partial charge in [-0.05, 0) is 48.9 Å². The second kappa shape index (κ2) is 4.06. The van der Waals surface area contributed by atoms with E-state index in [0.29, 0.717) is 11.8 Å². The van der Waals surface area contributed by atoms with Crippen molar-refractivity contribution in [3.63, 3.8) is 0 Å². The van der Waals surface area contributed by atoms with E-state index in [2.05, 4.69) is 0 Å². The first-order valence-electron chi connectivity index (χ1n) is 6.43. The number of fused-ring (bicyclic) bond motifs is 1. The molecular formula is C14H18N2O. The lowest BCUT2D eigenvalue weighted by Crippen LogP contribution is -2.31. The highest BCUT2D eigenvalue weighted by Gasteiger charge is 2.28. The van der Waals surface area contributed by atoms with Crippen LogP contribution >= 0.6 is 0 Å². The zero-order valence-electron chi connectivity index (χ0n) is 9.98. The van der Waals surface area contributed by atoms with Crippen molar-refractivity contribution in [2.75, 3.05) is 17.2 Å².